The number of aromatic nitrogens is 2. The fourth-order valence-electron chi connectivity index (χ4n) is 3.68. The van der Waals surface area contributed by atoms with Gasteiger partial charge in [-0.15, -0.1) is 0 Å². The Bertz CT molecular complexity index is 1320. The molecule has 2 heterocycles. The second kappa shape index (κ2) is 6.87. The molecule has 0 bridgehead atoms. The molecule has 1 aromatic heterocycles. The number of carbonyl (C=O) groups excluding carboxylic acids is 1. The third-order valence-electron chi connectivity index (χ3n) is 5.06. The molecular formula is C24H17N3O2. The molecule has 0 atom stereocenters. The van der Waals surface area contributed by atoms with E-state index in [1.807, 2.05) is 60.7 Å². The van der Waals surface area contributed by atoms with E-state index in [-0.39, 0.29) is 11.5 Å². The van der Waals surface area contributed by atoms with E-state index >= 15 is 0 Å². The zero-order valence-electron chi connectivity index (χ0n) is 15.5. The first-order valence-electron chi connectivity index (χ1n) is 9.37. The average molecular weight is 379 g/mol. The number of hydrogen-bond acceptors (Lipinski definition) is 3. The fraction of sp³-hybridized carbons (Fsp3) is 0.0417. The van der Waals surface area contributed by atoms with Crippen molar-refractivity contribution in [2.45, 2.75) is 6.54 Å². The minimum Gasteiger partial charge on any atom is -0.306 e. The molecule has 0 saturated carbocycles. The molecule has 0 fully saturated rings. The summed E-state index contributed by atoms with van der Waals surface area (Å²) < 4.78 is 0. The third kappa shape index (κ3) is 3.02. The molecule has 140 valence electrons. The second-order valence-electron chi connectivity index (χ2n) is 6.92. The van der Waals surface area contributed by atoms with Gasteiger partial charge < -0.3 is 9.88 Å². The maximum Gasteiger partial charge on any atom is 0.259 e. The molecule has 1 aliphatic rings. The van der Waals surface area contributed by atoms with Gasteiger partial charge in [0.1, 0.15) is 5.82 Å². The average Bonchev–Trinajstić information content (AvgIpc) is 3.01. The Labute approximate surface area is 167 Å². The largest absolute Gasteiger partial charge is 0.306 e. The second-order valence-corrected chi connectivity index (χ2v) is 6.92. The van der Waals surface area contributed by atoms with Crippen molar-refractivity contribution in [1.29, 1.82) is 0 Å². The Kier molecular flexibility index (Phi) is 4.06. The maximum absolute atomic E-state index is 13.3. The van der Waals surface area contributed by atoms with Crippen LogP contribution in [0.5, 0.6) is 0 Å². The Morgan fingerprint density at radius 2 is 1.59 bits per heavy atom. The smallest absolute Gasteiger partial charge is 0.259 e. The van der Waals surface area contributed by atoms with Crippen LogP contribution in [0, 0.1) is 0 Å². The lowest BCUT2D eigenvalue weighted by Gasteiger charge is -2.17. The minimum absolute atomic E-state index is 0.106. The van der Waals surface area contributed by atoms with Crippen LogP contribution in [0.3, 0.4) is 0 Å². The van der Waals surface area contributed by atoms with Crippen molar-refractivity contribution < 1.29 is 4.79 Å². The van der Waals surface area contributed by atoms with Gasteiger partial charge in [0.05, 0.1) is 28.7 Å². The summed E-state index contributed by atoms with van der Waals surface area (Å²) in [7, 11) is 0. The number of carbonyl (C=O) groups is 1. The maximum atomic E-state index is 13.3. The summed E-state index contributed by atoms with van der Waals surface area (Å²) in [5.74, 6) is 0.263. The predicted octanol–water partition coefficient (Wildman–Crippen LogP) is 4.01. The molecule has 5 rings (SSSR count). The highest BCUT2D eigenvalue weighted by Gasteiger charge is 2.32. The van der Waals surface area contributed by atoms with E-state index in [4.69, 9.17) is 0 Å². The quantitative estimate of drug-likeness (QED) is 0.547. The normalized spacial score (nSPS) is 14.6. The van der Waals surface area contributed by atoms with Crippen molar-refractivity contribution in [3.8, 4) is 0 Å². The summed E-state index contributed by atoms with van der Waals surface area (Å²) in [5.41, 5.74) is 3.65. The molecule has 4 aromatic rings. The number of para-hydroxylation sites is 2. The predicted molar refractivity (Wildman–Crippen MR) is 114 cm³/mol. The van der Waals surface area contributed by atoms with E-state index in [1.165, 1.54) is 0 Å². The van der Waals surface area contributed by atoms with Crippen molar-refractivity contribution in [1.82, 2.24) is 9.97 Å². The van der Waals surface area contributed by atoms with Gasteiger partial charge in [-0.2, -0.15) is 0 Å². The molecule has 0 aliphatic carbocycles. The molecule has 5 heteroatoms. The van der Waals surface area contributed by atoms with Crippen molar-refractivity contribution in [3.63, 3.8) is 0 Å². The van der Waals surface area contributed by atoms with Gasteiger partial charge in [-0.3, -0.25) is 9.59 Å². The summed E-state index contributed by atoms with van der Waals surface area (Å²) in [6.45, 7) is 0.482. The Hall–Kier alpha value is -3.99. The van der Waals surface area contributed by atoms with Gasteiger partial charge in [-0.05, 0) is 29.8 Å². The van der Waals surface area contributed by atoms with Crippen LogP contribution in [-0.2, 0) is 11.3 Å². The lowest BCUT2D eigenvalue weighted by Crippen LogP contribution is -2.25. The lowest BCUT2D eigenvalue weighted by molar-refractivity contribution is -0.113. The molecule has 29 heavy (non-hydrogen) atoms. The van der Waals surface area contributed by atoms with Crippen LogP contribution >= 0.6 is 0 Å². The highest BCUT2D eigenvalue weighted by Crippen LogP contribution is 2.38. The van der Waals surface area contributed by atoms with E-state index in [1.54, 1.807) is 29.2 Å². The first-order chi connectivity index (χ1) is 14.2. The number of benzene rings is 3. The molecule has 1 amide bonds. The molecule has 0 radical (unpaired) electrons. The number of rotatable bonds is 3. The Balaban J connectivity index is 1.60. The van der Waals surface area contributed by atoms with Gasteiger partial charge in [-0.1, -0.05) is 60.7 Å². The van der Waals surface area contributed by atoms with Crippen LogP contribution in [0.1, 0.15) is 17.0 Å². The SMILES string of the molecule is O=C1C(=Cc2nc3ccccc3c(=O)[nH]2)c2ccccc2N1Cc1ccccc1. The zero-order chi connectivity index (χ0) is 19.8. The Morgan fingerprint density at radius 1 is 0.862 bits per heavy atom. The van der Waals surface area contributed by atoms with Gasteiger partial charge in [-0.25, -0.2) is 4.98 Å². The van der Waals surface area contributed by atoms with Gasteiger partial charge in [0.2, 0.25) is 0 Å². The highest BCUT2D eigenvalue weighted by atomic mass is 16.2. The monoisotopic (exact) mass is 379 g/mol. The van der Waals surface area contributed by atoms with Gasteiger partial charge in [0, 0.05) is 5.56 Å². The van der Waals surface area contributed by atoms with Crippen molar-refractivity contribution in [2.24, 2.45) is 0 Å². The topological polar surface area (TPSA) is 66.1 Å². The number of H-pyrrole nitrogens is 1. The van der Waals surface area contributed by atoms with Crippen molar-refractivity contribution in [2.75, 3.05) is 4.90 Å². The van der Waals surface area contributed by atoms with Crippen molar-refractivity contribution >= 4 is 34.1 Å². The summed E-state index contributed by atoms with van der Waals surface area (Å²) in [6.07, 6.45) is 1.67. The van der Waals surface area contributed by atoms with E-state index in [9.17, 15) is 9.59 Å². The first-order valence-corrected chi connectivity index (χ1v) is 9.37. The molecule has 1 aliphatic heterocycles. The third-order valence-corrected chi connectivity index (χ3v) is 5.06. The summed E-state index contributed by atoms with van der Waals surface area (Å²) in [4.78, 5) is 34.7. The summed E-state index contributed by atoms with van der Waals surface area (Å²) in [5, 5.41) is 0.526. The molecule has 1 N–H and O–H groups in total. The van der Waals surface area contributed by atoms with Crippen LogP contribution in [0.15, 0.2) is 83.7 Å². The van der Waals surface area contributed by atoms with E-state index in [2.05, 4.69) is 9.97 Å². The summed E-state index contributed by atoms with van der Waals surface area (Å²) in [6, 6.07) is 24.7. The van der Waals surface area contributed by atoms with E-state index in [0.717, 1.165) is 16.8 Å². The Morgan fingerprint density at radius 3 is 2.45 bits per heavy atom. The van der Waals surface area contributed by atoms with Gasteiger partial charge in [0.25, 0.3) is 11.5 Å². The minimum atomic E-state index is -0.220. The number of aromatic amines is 1. The molecule has 5 nitrogen and oxygen atoms in total. The molecular weight excluding hydrogens is 362 g/mol. The van der Waals surface area contributed by atoms with Crippen LogP contribution in [0.2, 0.25) is 0 Å². The van der Waals surface area contributed by atoms with Gasteiger partial charge in [0.15, 0.2) is 0 Å². The first kappa shape index (κ1) is 17.1. The fourth-order valence-corrected chi connectivity index (χ4v) is 3.68. The number of nitrogens with one attached hydrogen (secondary N) is 1. The molecule has 0 saturated heterocycles. The number of fused-ring (bicyclic) bond motifs is 2. The standard InChI is InChI=1S/C24H17N3O2/c28-23-18-11-4-6-12-20(18)25-22(26-23)14-19-17-10-5-7-13-21(17)27(24(19)29)15-16-8-2-1-3-9-16/h1-14H,15H2,(H,25,26,28). The molecule has 0 unspecified atom stereocenters. The van der Waals surface area contributed by atoms with Crippen LogP contribution < -0.4 is 10.5 Å². The number of nitrogens with zero attached hydrogens (tertiary/aromatic N) is 2. The molecule has 3 aromatic carbocycles. The van der Waals surface area contributed by atoms with Gasteiger partial charge >= 0.3 is 0 Å². The van der Waals surface area contributed by atoms with Crippen molar-refractivity contribution in [3.05, 3.63) is 106 Å². The highest BCUT2D eigenvalue weighted by molar-refractivity contribution is 6.35. The number of hydrogen-bond donors (Lipinski definition) is 1. The van der Waals surface area contributed by atoms with Crippen LogP contribution in [-0.4, -0.2) is 15.9 Å². The van der Waals surface area contributed by atoms with Crippen LogP contribution in [0.25, 0.3) is 22.6 Å². The van der Waals surface area contributed by atoms with Crippen LogP contribution in [0.4, 0.5) is 5.69 Å². The molecule has 0 spiro atoms. The zero-order valence-corrected chi connectivity index (χ0v) is 15.5. The van der Waals surface area contributed by atoms with E-state index in [0.29, 0.717) is 28.8 Å². The number of amides is 1. The lowest BCUT2D eigenvalue weighted by atomic mass is 10.1. The van der Waals surface area contributed by atoms with E-state index < -0.39 is 0 Å². The number of anilines is 1. The summed E-state index contributed by atoms with van der Waals surface area (Å²) >= 11 is 0.